The summed E-state index contributed by atoms with van der Waals surface area (Å²) in [7, 11) is 0. The van der Waals surface area contributed by atoms with E-state index in [2.05, 4.69) is 36.2 Å². The van der Waals surface area contributed by atoms with Crippen LogP contribution in [0.25, 0.3) is 0 Å². The number of anilines is 2. The Bertz CT molecular complexity index is 463. The summed E-state index contributed by atoms with van der Waals surface area (Å²) in [5.41, 5.74) is 0.841. The molecule has 15 heavy (non-hydrogen) atoms. The quantitative estimate of drug-likeness (QED) is 0.862. The lowest BCUT2D eigenvalue weighted by Gasteiger charge is -2.06. The lowest BCUT2D eigenvalue weighted by molar-refractivity contribution is 1.15. The van der Waals surface area contributed by atoms with E-state index < -0.39 is 0 Å². The van der Waals surface area contributed by atoms with Gasteiger partial charge in [-0.25, -0.2) is 4.98 Å². The maximum Gasteiger partial charge on any atom is 0.224 e. The number of nitrogens with one attached hydrogen (secondary N) is 1. The van der Waals surface area contributed by atoms with Gasteiger partial charge in [-0.1, -0.05) is 0 Å². The first-order chi connectivity index (χ1) is 7.25. The Kier molecular flexibility index (Phi) is 3.13. The van der Waals surface area contributed by atoms with Crippen LogP contribution in [0.4, 0.5) is 11.5 Å². The molecule has 0 amide bonds. The average molecular weight is 286 g/mol. The van der Waals surface area contributed by atoms with Crippen LogP contribution in [-0.2, 0) is 0 Å². The molecule has 0 aliphatic heterocycles. The number of halogens is 2. The van der Waals surface area contributed by atoms with Crippen LogP contribution in [0.3, 0.4) is 0 Å². The SMILES string of the molecule is Clc1ncc(Br)c(Nc2cccnc2)n1. The number of hydrogen-bond acceptors (Lipinski definition) is 4. The van der Waals surface area contributed by atoms with E-state index in [4.69, 9.17) is 11.6 Å². The first-order valence-corrected chi connectivity index (χ1v) is 5.28. The third-order valence-electron chi connectivity index (χ3n) is 1.64. The smallest absolute Gasteiger partial charge is 0.224 e. The predicted molar refractivity (Wildman–Crippen MR) is 62.3 cm³/mol. The molecule has 1 N–H and O–H groups in total. The highest BCUT2D eigenvalue weighted by molar-refractivity contribution is 9.10. The first-order valence-electron chi connectivity index (χ1n) is 4.11. The molecule has 6 heteroatoms. The van der Waals surface area contributed by atoms with Gasteiger partial charge in [0.2, 0.25) is 5.28 Å². The van der Waals surface area contributed by atoms with Gasteiger partial charge in [-0.15, -0.1) is 0 Å². The molecular weight excluding hydrogens is 279 g/mol. The lowest BCUT2D eigenvalue weighted by Crippen LogP contribution is -1.96. The third-order valence-corrected chi connectivity index (χ3v) is 2.40. The molecular formula is C9H6BrClN4. The molecule has 0 unspecified atom stereocenters. The molecule has 0 fully saturated rings. The second-order valence-electron chi connectivity index (χ2n) is 2.70. The maximum absolute atomic E-state index is 5.68. The number of rotatable bonds is 2. The molecule has 4 nitrogen and oxygen atoms in total. The molecule has 2 heterocycles. The van der Waals surface area contributed by atoms with Crippen molar-refractivity contribution in [1.29, 1.82) is 0 Å². The second-order valence-corrected chi connectivity index (χ2v) is 3.89. The van der Waals surface area contributed by atoms with Gasteiger partial charge in [0.25, 0.3) is 0 Å². The molecule has 76 valence electrons. The van der Waals surface area contributed by atoms with Gasteiger partial charge in [0, 0.05) is 12.4 Å². The summed E-state index contributed by atoms with van der Waals surface area (Å²) in [5, 5.41) is 3.27. The van der Waals surface area contributed by atoms with Crippen molar-refractivity contribution in [2.45, 2.75) is 0 Å². The Morgan fingerprint density at radius 1 is 1.33 bits per heavy atom. The van der Waals surface area contributed by atoms with Crippen LogP contribution >= 0.6 is 27.5 Å². The van der Waals surface area contributed by atoms with Crippen LogP contribution < -0.4 is 5.32 Å². The van der Waals surface area contributed by atoms with E-state index in [0.29, 0.717) is 5.82 Å². The number of nitrogens with zero attached hydrogens (tertiary/aromatic N) is 3. The van der Waals surface area contributed by atoms with Gasteiger partial charge in [0.05, 0.1) is 16.4 Å². The predicted octanol–water partition coefficient (Wildman–Crippen LogP) is 3.03. The summed E-state index contributed by atoms with van der Waals surface area (Å²) in [6, 6.07) is 3.72. The molecule has 0 aromatic carbocycles. The van der Waals surface area contributed by atoms with E-state index in [1.54, 1.807) is 18.6 Å². The van der Waals surface area contributed by atoms with Crippen LogP contribution in [0.2, 0.25) is 5.28 Å². The second kappa shape index (κ2) is 4.55. The van der Waals surface area contributed by atoms with E-state index in [9.17, 15) is 0 Å². The highest BCUT2D eigenvalue weighted by Crippen LogP contribution is 2.23. The van der Waals surface area contributed by atoms with Gasteiger partial charge in [-0.2, -0.15) is 4.98 Å². The summed E-state index contributed by atoms with van der Waals surface area (Å²) in [6.07, 6.45) is 4.99. The Morgan fingerprint density at radius 3 is 2.93 bits per heavy atom. The molecule has 2 aromatic heterocycles. The zero-order valence-corrected chi connectivity index (χ0v) is 9.83. The number of hydrogen-bond donors (Lipinski definition) is 1. The minimum atomic E-state index is 0.199. The Balaban J connectivity index is 2.28. The lowest BCUT2D eigenvalue weighted by atomic mass is 10.4. The standard InChI is InChI=1S/C9H6BrClN4/c10-7-5-13-9(11)15-8(7)14-6-2-1-3-12-4-6/h1-5H,(H,13,14,15). The van der Waals surface area contributed by atoms with Crippen molar-refractivity contribution in [2.75, 3.05) is 5.32 Å². The summed E-state index contributed by atoms with van der Waals surface area (Å²) in [4.78, 5) is 11.8. The maximum atomic E-state index is 5.68. The normalized spacial score (nSPS) is 10.0. The molecule has 0 aliphatic rings. The third kappa shape index (κ3) is 2.64. The molecule has 0 bridgehead atoms. The summed E-state index contributed by atoms with van der Waals surface area (Å²) < 4.78 is 0.746. The minimum Gasteiger partial charge on any atom is -0.338 e. The van der Waals surface area contributed by atoms with Crippen LogP contribution in [0.5, 0.6) is 0 Å². The van der Waals surface area contributed by atoms with E-state index in [1.165, 1.54) is 0 Å². The Labute approximate surface area is 99.9 Å². The molecule has 2 aromatic rings. The fourth-order valence-corrected chi connectivity index (χ4v) is 1.43. The number of pyridine rings is 1. The van der Waals surface area contributed by atoms with E-state index >= 15 is 0 Å². The number of aromatic nitrogens is 3. The van der Waals surface area contributed by atoms with Gasteiger partial charge in [-0.05, 0) is 39.7 Å². The van der Waals surface area contributed by atoms with Gasteiger partial charge in [0.1, 0.15) is 5.82 Å². The summed E-state index contributed by atoms with van der Waals surface area (Å²) >= 11 is 9.01. The minimum absolute atomic E-state index is 0.199. The van der Waals surface area contributed by atoms with Gasteiger partial charge < -0.3 is 5.32 Å². The summed E-state index contributed by atoms with van der Waals surface area (Å²) in [5.74, 6) is 0.614. The van der Waals surface area contributed by atoms with Crippen molar-refractivity contribution in [3.8, 4) is 0 Å². The topological polar surface area (TPSA) is 50.7 Å². The molecule has 2 rings (SSSR count). The zero-order valence-electron chi connectivity index (χ0n) is 7.48. The Hall–Kier alpha value is -1.20. The molecule has 0 saturated heterocycles. The van der Waals surface area contributed by atoms with Crippen LogP contribution in [0.15, 0.2) is 35.2 Å². The highest BCUT2D eigenvalue weighted by Gasteiger charge is 2.03. The highest BCUT2D eigenvalue weighted by atomic mass is 79.9. The van der Waals surface area contributed by atoms with Crippen molar-refractivity contribution < 1.29 is 0 Å². The molecule has 0 saturated carbocycles. The van der Waals surface area contributed by atoms with Crippen molar-refractivity contribution >= 4 is 39.0 Å². The average Bonchev–Trinajstić information content (AvgIpc) is 2.25. The fourth-order valence-electron chi connectivity index (χ4n) is 1.01. The van der Waals surface area contributed by atoms with Crippen molar-refractivity contribution in [2.24, 2.45) is 0 Å². The Morgan fingerprint density at radius 2 is 2.20 bits per heavy atom. The van der Waals surface area contributed by atoms with E-state index in [0.717, 1.165) is 10.2 Å². The van der Waals surface area contributed by atoms with Gasteiger partial charge in [-0.3, -0.25) is 4.98 Å². The van der Waals surface area contributed by atoms with E-state index in [1.807, 2.05) is 12.1 Å². The van der Waals surface area contributed by atoms with Crippen LogP contribution in [-0.4, -0.2) is 15.0 Å². The van der Waals surface area contributed by atoms with Crippen molar-refractivity contribution in [3.05, 3.63) is 40.5 Å². The monoisotopic (exact) mass is 284 g/mol. The molecule has 0 atom stereocenters. The van der Waals surface area contributed by atoms with Crippen LogP contribution in [0.1, 0.15) is 0 Å². The molecule has 0 aliphatic carbocycles. The fraction of sp³-hybridized carbons (Fsp3) is 0. The van der Waals surface area contributed by atoms with Gasteiger partial charge >= 0.3 is 0 Å². The van der Waals surface area contributed by atoms with Gasteiger partial charge in [0.15, 0.2) is 0 Å². The molecule has 0 spiro atoms. The largest absolute Gasteiger partial charge is 0.338 e. The van der Waals surface area contributed by atoms with Crippen molar-refractivity contribution in [1.82, 2.24) is 15.0 Å². The molecule has 0 radical (unpaired) electrons. The summed E-state index contributed by atoms with van der Waals surface area (Å²) in [6.45, 7) is 0. The van der Waals surface area contributed by atoms with Crippen molar-refractivity contribution in [3.63, 3.8) is 0 Å². The first kappa shape index (κ1) is 10.3. The van der Waals surface area contributed by atoms with E-state index in [-0.39, 0.29) is 5.28 Å². The van der Waals surface area contributed by atoms with Crippen LogP contribution in [0, 0.1) is 0 Å². The zero-order chi connectivity index (χ0) is 10.7.